The van der Waals surface area contributed by atoms with Crippen molar-refractivity contribution in [2.24, 2.45) is 4.99 Å². The summed E-state index contributed by atoms with van der Waals surface area (Å²) >= 11 is 0. The van der Waals surface area contributed by atoms with Crippen LogP contribution in [0.25, 0.3) is 0 Å². The highest BCUT2D eigenvalue weighted by Crippen LogP contribution is 1.85. The normalized spacial score (nSPS) is 20.0. The van der Waals surface area contributed by atoms with E-state index in [1.54, 1.807) is 0 Å². The highest BCUT2D eigenvalue weighted by molar-refractivity contribution is 5.47. The average Bonchev–Trinajstić information content (AvgIpc) is 2.67. The van der Waals surface area contributed by atoms with E-state index < -0.39 is 0 Å². The van der Waals surface area contributed by atoms with E-state index in [4.69, 9.17) is 4.74 Å². The molecule has 0 amide bonds. The molecular weight excluding hydrogens is 130 g/mol. The van der Waals surface area contributed by atoms with Crippen LogP contribution >= 0.6 is 0 Å². The van der Waals surface area contributed by atoms with Gasteiger partial charge in [-0.3, -0.25) is 4.99 Å². The topological polar surface area (TPSA) is 30.8 Å². The third-order valence-electron chi connectivity index (χ3n) is 1.08. The molecule has 0 aliphatic carbocycles. The van der Waals surface area contributed by atoms with Gasteiger partial charge in [-0.15, -0.1) is 0 Å². The maximum atomic E-state index is 4.83. The summed E-state index contributed by atoms with van der Waals surface area (Å²) in [5.74, 6) is 0. The van der Waals surface area contributed by atoms with Crippen LogP contribution in [0.15, 0.2) is 17.1 Å². The molecule has 3 nitrogen and oxygen atoms in total. The number of hydrogen-bond donors (Lipinski definition) is 0. The predicted molar refractivity (Wildman–Crippen MR) is 39.3 cm³/mol. The molecule has 2 rings (SSSR count). The van der Waals surface area contributed by atoms with Crippen molar-refractivity contribution >= 4 is 6.40 Å². The first-order valence-corrected chi connectivity index (χ1v) is 3.33. The number of aliphatic imine (C=N–C) groups is 1. The van der Waals surface area contributed by atoms with Gasteiger partial charge in [0, 0.05) is 0 Å². The van der Waals surface area contributed by atoms with E-state index >= 15 is 0 Å². The molecule has 56 valence electrons. The molecule has 0 aromatic heterocycles. The summed E-state index contributed by atoms with van der Waals surface area (Å²) in [5.41, 5.74) is 0. The molecule has 10 heavy (non-hydrogen) atoms. The fourth-order valence-corrected chi connectivity index (χ4v) is 0.604. The van der Waals surface area contributed by atoms with Crippen molar-refractivity contribution in [1.82, 2.24) is 0 Å². The molecule has 0 atom stereocenters. The maximum absolute atomic E-state index is 4.83. The van der Waals surface area contributed by atoms with Crippen LogP contribution in [-0.4, -0.2) is 32.8 Å². The van der Waals surface area contributed by atoms with Gasteiger partial charge in [-0.1, -0.05) is 12.2 Å². The van der Waals surface area contributed by atoms with Crippen LogP contribution in [-0.2, 0) is 9.47 Å². The Morgan fingerprint density at radius 2 is 2.00 bits per heavy atom. The van der Waals surface area contributed by atoms with Crippen molar-refractivity contribution in [3.63, 3.8) is 0 Å². The van der Waals surface area contributed by atoms with Gasteiger partial charge in [0.15, 0.2) is 6.40 Å². The molecule has 0 unspecified atom stereocenters. The summed E-state index contributed by atoms with van der Waals surface area (Å²) in [6, 6.07) is 0. The molecule has 0 saturated heterocycles. The van der Waals surface area contributed by atoms with Crippen LogP contribution in [0.5, 0.6) is 0 Å². The summed E-state index contributed by atoms with van der Waals surface area (Å²) in [7, 11) is 0. The first-order chi connectivity index (χ1) is 5.00. The van der Waals surface area contributed by atoms with E-state index in [2.05, 4.69) is 9.73 Å². The Morgan fingerprint density at radius 1 is 1.20 bits per heavy atom. The summed E-state index contributed by atoms with van der Waals surface area (Å²) in [5, 5.41) is 0. The number of rotatable bonds is 0. The molecule has 0 aromatic rings. The molecule has 2 aliphatic rings. The number of nitrogens with zero attached hydrogens (tertiary/aromatic N) is 1. The highest BCUT2D eigenvalue weighted by atomic mass is 16.5. The van der Waals surface area contributed by atoms with E-state index in [9.17, 15) is 0 Å². The summed E-state index contributed by atoms with van der Waals surface area (Å²) in [6.07, 6.45) is 5.51. The van der Waals surface area contributed by atoms with Crippen molar-refractivity contribution in [2.75, 3.05) is 26.4 Å². The van der Waals surface area contributed by atoms with E-state index in [0.29, 0.717) is 0 Å². The molecule has 0 aromatic carbocycles. The van der Waals surface area contributed by atoms with Gasteiger partial charge in [0.25, 0.3) is 0 Å². The van der Waals surface area contributed by atoms with Crippen molar-refractivity contribution in [1.29, 1.82) is 0 Å². The molecule has 0 saturated carbocycles. The fraction of sp³-hybridized carbons (Fsp3) is 0.571. The lowest BCUT2D eigenvalue weighted by atomic mass is 10.6. The van der Waals surface area contributed by atoms with E-state index in [-0.39, 0.29) is 0 Å². The summed E-state index contributed by atoms with van der Waals surface area (Å²) in [4.78, 5) is 3.74. The molecule has 0 bridgehead atoms. The average molecular weight is 141 g/mol. The van der Waals surface area contributed by atoms with E-state index in [1.807, 2.05) is 12.2 Å². The first kappa shape index (κ1) is 7.28. The Kier molecular flexibility index (Phi) is 3.64. The highest BCUT2D eigenvalue weighted by Gasteiger charge is 1.84. The third kappa shape index (κ3) is 3.25. The largest absolute Gasteiger partial charge is 0.482 e. The first-order valence-electron chi connectivity index (χ1n) is 3.33. The molecule has 3 heteroatoms. The Bertz CT molecular complexity index is 104. The van der Waals surface area contributed by atoms with Crippen LogP contribution in [0.3, 0.4) is 0 Å². The molecule has 2 heterocycles. The smallest absolute Gasteiger partial charge is 0.169 e. The van der Waals surface area contributed by atoms with Gasteiger partial charge in [-0.05, 0) is 0 Å². The van der Waals surface area contributed by atoms with Gasteiger partial charge in [0.1, 0.15) is 6.61 Å². The van der Waals surface area contributed by atoms with Crippen LogP contribution in [0.4, 0.5) is 0 Å². The van der Waals surface area contributed by atoms with Crippen LogP contribution in [0, 0.1) is 0 Å². The maximum Gasteiger partial charge on any atom is 0.169 e. The van der Waals surface area contributed by atoms with Crippen molar-refractivity contribution in [3.05, 3.63) is 12.2 Å². The molecular formula is C7H11NO2. The number of hydrogen-bond acceptors (Lipinski definition) is 3. The lowest BCUT2D eigenvalue weighted by Gasteiger charge is -1.77. The second-order valence-electron chi connectivity index (χ2n) is 1.89. The second-order valence-corrected chi connectivity index (χ2v) is 1.89. The minimum absolute atomic E-state index is 0.778. The third-order valence-corrected chi connectivity index (χ3v) is 1.08. The van der Waals surface area contributed by atoms with E-state index in [1.165, 1.54) is 6.40 Å². The van der Waals surface area contributed by atoms with Crippen molar-refractivity contribution < 1.29 is 9.47 Å². The van der Waals surface area contributed by atoms with E-state index in [0.717, 1.165) is 26.4 Å². The summed E-state index contributed by atoms with van der Waals surface area (Å²) in [6.45, 7) is 3.26. The monoisotopic (exact) mass is 141 g/mol. The Hall–Kier alpha value is -0.830. The van der Waals surface area contributed by atoms with Crippen molar-refractivity contribution in [3.8, 4) is 0 Å². The van der Waals surface area contributed by atoms with Crippen LogP contribution in [0.1, 0.15) is 0 Å². The van der Waals surface area contributed by atoms with Gasteiger partial charge in [-0.25, -0.2) is 0 Å². The zero-order valence-corrected chi connectivity index (χ0v) is 5.82. The summed E-state index contributed by atoms with van der Waals surface area (Å²) < 4.78 is 9.49. The Balaban J connectivity index is 0.0000001000. The zero-order valence-electron chi connectivity index (χ0n) is 5.82. The zero-order chi connectivity index (χ0) is 7.07. The van der Waals surface area contributed by atoms with Crippen molar-refractivity contribution in [2.45, 2.75) is 0 Å². The molecule has 0 N–H and O–H groups in total. The predicted octanol–water partition coefficient (Wildman–Crippen LogP) is 0.618. The quantitative estimate of drug-likeness (QED) is 0.463. The second kappa shape index (κ2) is 4.99. The minimum Gasteiger partial charge on any atom is -0.482 e. The lowest BCUT2D eigenvalue weighted by Crippen LogP contribution is -1.80. The Morgan fingerprint density at radius 3 is 2.20 bits per heavy atom. The van der Waals surface area contributed by atoms with Crippen LogP contribution < -0.4 is 0 Å². The van der Waals surface area contributed by atoms with Gasteiger partial charge < -0.3 is 9.47 Å². The molecule has 0 spiro atoms. The molecule has 0 radical (unpaired) electrons. The van der Waals surface area contributed by atoms with Gasteiger partial charge >= 0.3 is 0 Å². The van der Waals surface area contributed by atoms with Gasteiger partial charge in [0.2, 0.25) is 0 Å². The molecule has 0 fully saturated rings. The van der Waals surface area contributed by atoms with Gasteiger partial charge in [-0.2, -0.15) is 0 Å². The Labute approximate surface area is 60.4 Å². The van der Waals surface area contributed by atoms with Crippen LogP contribution in [0.2, 0.25) is 0 Å². The SMILES string of the molecule is C1=CCOC1.C1=NCCO1. The standard InChI is InChI=1S/C4H6O.C3H5NO/c1-2-4-5-3-1;1-2-5-3-4-1/h1-2H,3-4H2;3H,1-2H2. The lowest BCUT2D eigenvalue weighted by molar-refractivity contribution is 0.213. The fourth-order valence-electron chi connectivity index (χ4n) is 0.604. The molecule has 2 aliphatic heterocycles. The van der Waals surface area contributed by atoms with Gasteiger partial charge in [0.05, 0.1) is 19.8 Å². The minimum atomic E-state index is 0.778. The number of ether oxygens (including phenoxy) is 2.